The molecule has 0 N–H and O–H groups in total. The molecule has 3 heterocycles. The minimum absolute atomic E-state index is 0.106. The Bertz CT molecular complexity index is 931. The number of halogens is 1. The number of likely N-dealkylation sites (tertiary alicyclic amines) is 1. The van der Waals surface area contributed by atoms with E-state index >= 15 is 0 Å². The standard InChI is InChI=1S/C23H26FNO4/c1-15-14-20(17-9-12-28-13-10-17)29-23(27)21(15)22(26)25-11-3-2-4-19(25)16-5-7-18(24)8-6-16/h5-8,14,17,19H,2-4,9-13H2,1H3. The molecule has 0 spiro atoms. The van der Waals surface area contributed by atoms with E-state index in [4.69, 9.17) is 9.15 Å². The van der Waals surface area contributed by atoms with Gasteiger partial charge in [0.15, 0.2) is 0 Å². The molecule has 2 fully saturated rings. The van der Waals surface area contributed by atoms with Crippen molar-refractivity contribution in [2.45, 2.75) is 51.0 Å². The van der Waals surface area contributed by atoms with Crippen LogP contribution in [0.5, 0.6) is 0 Å². The Balaban J connectivity index is 1.63. The fourth-order valence-corrected chi connectivity index (χ4v) is 4.42. The summed E-state index contributed by atoms with van der Waals surface area (Å²) in [6.45, 7) is 3.67. The topological polar surface area (TPSA) is 59.8 Å². The predicted molar refractivity (Wildman–Crippen MR) is 107 cm³/mol. The summed E-state index contributed by atoms with van der Waals surface area (Å²) in [5, 5.41) is 0. The van der Waals surface area contributed by atoms with Crippen LogP contribution in [0.3, 0.4) is 0 Å². The summed E-state index contributed by atoms with van der Waals surface area (Å²) in [7, 11) is 0. The fraction of sp³-hybridized carbons (Fsp3) is 0.478. The number of carbonyl (C=O) groups excluding carboxylic acids is 1. The summed E-state index contributed by atoms with van der Waals surface area (Å²) in [5.41, 5.74) is 1.08. The smallest absolute Gasteiger partial charge is 0.349 e. The lowest BCUT2D eigenvalue weighted by molar-refractivity contribution is 0.0603. The van der Waals surface area contributed by atoms with Crippen LogP contribution in [-0.4, -0.2) is 30.6 Å². The number of carbonyl (C=O) groups is 1. The molecule has 5 nitrogen and oxygen atoms in total. The lowest BCUT2D eigenvalue weighted by atomic mass is 9.93. The first-order chi connectivity index (χ1) is 14.0. The molecule has 1 aromatic carbocycles. The van der Waals surface area contributed by atoms with Crippen molar-refractivity contribution in [2.75, 3.05) is 19.8 Å². The maximum Gasteiger partial charge on any atom is 0.349 e. The number of benzene rings is 1. The zero-order chi connectivity index (χ0) is 20.4. The highest BCUT2D eigenvalue weighted by atomic mass is 19.1. The van der Waals surface area contributed by atoms with Crippen LogP contribution in [0.25, 0.3) is 0 Å². The summed E-state index contributed by atoms with van der Waals surface area (Å²) in [6, 6.07) is 7.93. The number of ether oxygens (including phenoxy) is 1. The Hall–Kier alpha value is -2.47. The molecule has 6 heteroatoms. The first-order valence-corrected chi connectivity index (χ1v) is 10.3. The van der Waals surface area contributed by atoms with E-state index in [-0.39, 0.29) is 29.2 Å². The lowest BCUT2D eigenvalue weighted by Gasteiger charge is -2.36. The maximum absolute atomic E-state index is 13.4. The monoisotopic (exact) mass is 399 g/mol. The normalized spacial score (nSPS) is 20.6. The average molecular weight is 399 g/mol. The van der Waals surface area contributed by atoms with Gasteiger partial charge in [0.2, 0.25) is 0 Å². The second-order valence-electron chi connectivity index (χ2n) is 7.94. The highest BCUT2D eigenvalue weighted by molar-refractivity contribution is 5.95. The molecule has 2 aliphatic rings. The molecule has 0 radical (unpaired) electrons. The molecule has 0 saturated carbocycles. The molecule has 1 aromatic heterocycles. The first kappa shape index (κ1) is 19.8. The molecule has 2 saturated heterocycles. The van der Waals surface area contributed by atoms with Crippen molar-refractivity contribution in [3.05, 3.63) is 69.0 Å². The number of nitrogens with zero attached hydrogens (tertiary/aromatic N) is 1. The SMILES string of the molecule is Cc1cc(C2CCOCC2)oc(=O)c1C(=O)N1CCCCC1c1ccc(F)cc1. The molecule has 29 heavy (non-hydrogen) atoms. The van der Waals surface area contributed by atoms with Gasteiger partial charge in [0.25, 0.3) is 5.91 Å². The van der Waals surface area contributed by atoms with E-state index in [0.717, 1.165) is 37.7 Å². The second kappa shape index (κ2) is 8.49. The first-order valence-electron chi connectivity index (χ1n) is 10.3. The van der Waals surface area contributed by atoms with Crippen molar-refractivity contribution in [2.24, 2.45) is 0 Å². The number of piperidine rings is 1. The molecule has 1 amide bonds. The molecule has 1 atom stereocenters. The third-order valence-electron chi connectivity index (χ3n) is 6.02. The molecule has 0 aliphatic carbocycles. The van der Waals surface area contributed by atoms with Crippen molar-refractivity contribution in [3.8, 4) is 0 Å². The van der Waals surface area contributed by atoms with Crippen molar-refractivity contribution in [1.29, 1.82) is 0 Å². The van der Waals surface area contributed by atoms with Gasteiger partial charge in [-0.15, -0.1) is 0 Å². The zero-order valence-corrected chi connectivity index (χ0v) is 16.7. The third-order valence-corrected chi connectivity index (χ3v) is 6.02. The van der Waals surface area contributed by atoms with Gasteiger partial charge in [0.1, 0.15) is 17.1 Å². The van der Waals surface area contributed by atoms with Crippen LogP contribution in [0.4, 0.5) is 4.39 Å². The van der Waals surface area contributed by atoms with Gasteiger partial charge >= 0.3 is 5.63 Å². The largest absolute Gasteiger partial charge is 0.427 e. The summed E-state index contributed by atoms with van der Waals surface area (Å²) in [6.07, 6.45) is 4.29. The van der Waals surface area contributed by atoms with E-state index in [2.05, 4.69) is 0 Å². The van der Waals surface area contributed by atoms with Gasteiger partial charge in [-0.1, -0.05) is 12.1 Å². The van der Waals surface area contributed by atoms with Crippen molar-refractivity contribution in [1.82, 2.24) is 4.90 Å². The Kier molecular flexibility index (Phi) is 5.81. The van der Waals surface area contributed by atoms with Gasteiger partial charge in [0.05, 0.1) is 6.04 Å². The van der Waals surface area contributed by atoms with Crippen LogP contribution in [0.2, 0.25) is 0 Å². The zero-order valence-electron chi connectivity index (χ0n) is 16.7. The van der Waals surface area contributed by atoms with E-state index in [1.807, 2.05) is 6.07 Å². The predicted octanol–water partition coefficient (Wildman–Crippen LogP) is 4.35. The molecule has 2 aromatic rings. The number of hydrogen-bond donors (Lipinski definition) is 0. The van der Waals surface area contributed by atoms with Crippen LogP contribution in [0.15, 0.2) is 39.5 Å². The summed E-state index contributed by atoms with van der Waals surface area (Å²) < 4.78 is 24.3. The van der Waals surface area contributed by atoms with Crippen LogP contribution in [-0.2, 0) is 4.74 Å². The van der Waals surface area contributed by atoms with Gasteiger partial charge in [-0.3, -0.25) is 4.79 Å². The quantitative estimate of drug-likeness (QED) is 0.770. The Morgan fingerprint density at radius 2 is 1.83 bits per heavy atom. The van der Waals surface area contributed by atoms with E-state index < -0.39 is 5.63 Å². The summed E-state index contributed by atoms with van der Waals surface area (Å²) in [5.74, 6) is 0.189. The van der Waals surface area contributed by atoms with Crippen LogP contribution < -0.4 is 5.63 Å². The van der Waals surface area contributed by atoms with Gasteiger partial charge in [-0.2, -0.15) is 0 Å². The molecule has 2 aliphatic heterocycles. The van der Waals surface area contributed by atoms with Crippen molar-refractivity contribution >= 4 is 5.91 Å². The Morgan fingerprint density at radius 3 is 2.52 bits per heavy atom. The molecular weight excluding hydrogens is 373 g/mol. The minimum atomic E-state index is -0.570. The number of rotatable bonds is 3. The highest BCUT2D eigenvalue weighted by Gasteiger charge is 2.32. The van der Waals surface area contributed by atoms with Gasteiger partial charge < -0.3 is 14.1 Å². The highest BCUT2D eigenvalue weighted by Crippen LogP contribution is 2.33. The maximum atomic E-state index is 13.4. The van der Waals surface area contributed by atoms with E-state index in [1.54, 1.807) is 24.0 Å². The summed E-state index contributed by atoms with van der Waals surface area (Å²) >= 11 is 0. The Labute approximate surface area is 169 Å². The van der Waals surface area contributed by atoms with E-state index in [0.29, 0.717) is 31.1 Å². The van der Waals surface area contributed by atoms with Crippen LogP contribution >= 0.6 is 0 Å². The molecule has 0 bridgehead atoms. The minimum Gasteiger partial charge on any atom is -0.427 e. The third kappa shape index (κ3) is 4.13. The second-order valence-corrected chi connectivity index (χ2v) is 7.94. The van der Waals surface area contributed by atoms with Crippen molar-refractivity contribution < 1.29 is 18.3 Å². The van der Waals surface area contributed by atoms with E-state index in [1.165, 1.54) is 12.1 Å². The van der Waals surface area contributed by atoms with Crippen molar-refractivity contribution in [3.63, 3.8) is 0 Å². The van der Waals surface area contributed by atoms with Crippen LogP contribution in [0, 0.1) is 12.7 Å². The van der Waals surface area contributed by atoms with Gasteiger partial charge in [-0.05, 0) is 68.4 Å². The number of aryl methyl sites for hydroxylation is 1. The average Bonchev–Trinajstić information content (AvgIpc) is 2.74. The lowest BCUT2D eigenvalue weighted by Crippen LogP contribution is -2.40. The number of hydrogen-bond acceptors (Lipinski definition) is 4. The fourth-order valence-electron chi connectivity index (χ4n) is 4.42. The van der Waals surface area contributed by atoms with Gasteiger partial charge in [0, 0.05) is 25.7 Å². The summed E-state index contributed by atoms with van der Waals surface area (Å²) in [4.78, 5) is 27.9. The molecular formula is C23H26FNO4. The number of amides is 1. The molecule has 154 valence electrons. The van der Waals surface area contributed by atoms with Crippen LogP contribution in [0.1, 0.15) is 71.3 Å². The van der Waals surface area contributed by atoms with Gasteiger partial charge in [-0.25, -0.2) is 9.18 Å². The Morgan fingerprint density at radius 1 is 1.10 bits per heavy atom. The molecule has 4 rings (SSSR count). The van der Waals surface area contributed by atoms with E-state index in [9.17, 15) is 14.0 Å². The molecule has 1 unspecified atom stereocenters.